The summed E-state index contributed by atoms with van der Waals surface area (Å²) >= 11 is 0. The van der Waals surface area contributed by atoms with Crippen LogP contribution in [0.25, 0.3) is 0 Å². The Kier molecular flexibility index (Phi) is 6.52. The van der Waals surface area contributed by atoms with Gasteiger partial charge in [0.25, 0.3) is 0 Å². The van der Waals surface area contributed by atoms with Gasteiger partial charge in [-0.1, -0.05) is 6.07 Å². The molecule has 1 aliphatic rings. The van der Waals surface area contributed by atoms with Gasteiger partial charge in [0.15, 0.2) is 5.96 Å². The summed E-state index contributed by atoms with van der Waals surface area (Å²) in [6, 6.07) is 3.87. The Morgan fingerprint density at radius 2 is 2.09 bits per heavy atom. The number of benzene rings is 1. The first-order valence-electron chi connectivity index (χ1n) is 8.11. The van der Waals surface area contributed by atoms with Gasteiger partial charge in [0, 0.05) is 32.3 Å². The fourth-order valence-corrected chi connectivity index (χ4v) is 2.87. The van der Waals surface area contributed by atoms with Crippen molar-refractivity contribution in [1.82, 2.24) is 10.6 Å². The van der Waals surface area contributed by atoms with Crippen LogP contribution in [0.15, 0.2) is 17.1 Å². The van der Waals surface area contributed by atoms with E-state index in [4.69, 9.17) is 4.74 Å². The molecule has 0 heterocycles. The highest BCUT2D eigenvalue weighted by Gasteiger charge is 2.16. The number of ether oxygens (including phenoxy) is 1. The molecule has 122 valence electrons. The molecule has 1 aromatic rings. The van der Waals surface area contributed by atoms with Crippen molar-refractivity contribution in [3.63, 3.8) is 0 Å². The summed E-state index contributed by atoms with van der Waals surface area (Å²) < 4.78 is 5.30. The monoisotopic (exact) mass is 305 g/mol. The average molecular weight is 305 g/mol. The molecule has 3 N–H and O–H groups in total. The molecule has 0 radical (unpaired) electrons. The summed E-state index contributed by atoms with van der Waals surface area (Å²) in [5.41, 5.74) is 3.69. The van der Waals surface area contributed by atoms with Gasteiger partial charge in [-0.3, -0.25) is 4.99 Å². The predicted octanol–water partition coefficient (Wildman–Crippen LogP) is 1.97. The summed E-state index contributed by atoms with van der Waals surface area (Å²) in [5, 5.41) is 16.7. The number of rotatable bonds is 6. The quantitative estimate of drug-likeness (QED) is 0.427. The normalized spacial score (nSPS) is 14.5. The van der Waals surface area contributed by atoms with Crippen LogP contribution in [0.5, 0.6) is 5.75 Å². The molecule has 0 aliphatic heterocycles. The molecule has 1 aromatic carbocycles. The van der Waals surface area contributed by atoms with Crippen molar-refractivity contribution in [1.29, 1.82) is 0 Å². The molecule has 0 saturated carbocycles. The van der Waals surface area contributed by atoms with Crippen LogP contribution in [0.1, 0.15) is 36.5 Å². The minimum absolute atomic E-state index is 0.373. The first-order valence-corrected chi connectivity index (χ1v) is 8.11. The maximum atomic E-state index is 10.2. The van der Waals surface area contributed by atoms with Gasteiger partial charge < -0.3 is 20.5 Å². The van der Waals surface area contributed by atoms with Gasteiger partial charge in [-0.25, -0.2) is 0 Å². The number of phenols is 1. The lowest BCUT2D eigenvalue weighted by Crippen LogP contribution is -2.38. The second-order valence-electron chi connectivity index (χ2n) is 5.46. The van der Waals surface area contributed by atoms with E-state index in [0.717, 1.165) is 31.0 Å². The van der Waals surface area contributed by atoms with Crippen molar-refractivity contribution in [2.45, 2.75) is 39.2 Å². The van der Waals surface area contributed by atoms with E-state index in [0.29, 0.717) is 25.4 Å². The van der Waals surface area contributed by atoms with Crippen molar-refractivity contribution >= 4 is 5.96 Å². The SMILES string of the molecule is CCOCCNC(=NC)NCc1c(O)ccc2c1CCCC2. The molecular formula is C17H27N3O2. The summed E-state index contributed by atoms with van der Waals surface area (Å²) in [7, 11) is 1.75. The number of phenolic OH excluding ortho intramolecular Hbond substituents is 1. The molecular weight excluding hydrogens is 278 g/mol. The van der Waals surface area contributed by atoms with Crippen LogP contribution in [-0.2, 0) is 24.1 Å². The fourth-order valence-electron chi connectivity index (χ4n) is 2.87. The molecule has 5 nitrogen and oxygen atoms in total. The number of hydrogen-bond acceptors (Lipinski definition) is 3. The van der Waals surface area contributed by atoms with Crippen molar-refractivity contribution < 1.29 is 9.84 Å². The standard InChI is InChI=1S/C17H27N3O2/c1-3-22-11-10-19-17(18-2)20-12-15-14-7-5-4-6-13(14)8-9-16(15)21/h8-9,21H,3-7,10-12H2,1-2H3,(H2,18,19,20). The van der Waals surface area contributed by atoms with Gasteiger partial charge in [-0.05, 0) is 49.8 Å². The average Bonchev–Trinajstić information content (AvgIpc) is 2.55. The lowest BCUT2D eigenvalue weighted by atomic mass is 9.88. The zero-order chi connectivity index (χ0) is 15.8. The number of fused-ring (bicyclic) bond motifs is 1. The topological polar surface area (TPSA) is 65.9 Å². The number of aromatic hydroxyl groups is 1. The molecule has 0 aromatic heterocycles. The van der Waals surface area contributed by atoms with Crippen molar-refractivity contribution in [2.24, 2.45) is 4.99 Å². The third-order valence-corrected chi connectivity index (χ3v) is 4.03. The zero-order valence-electron chi connectivity index (χ0n) is 13.6. The molecule has 0 spiro atoms. The summed E-state index contributed by atoms with van der Waals surface area (Å²) in [6.45, 7) is 4.66. The summed E-state index contributed by atoms with van der Waals surface area (Å²) in [4.78, 5) is 4.20. The number of aliphatic imine (C=N–C) groups is 1. The van der Waals surface area contributed by atoms with Crippen LogP contribution in [-0.4, -0.2) is 37.9 Å². The Morgan fingerprint density at radius 1 is 1.27 bits per heavy atom. The van der Waals surface area contributed by atoms with Gasteiger partial charge in [0.2, 0.25) is 0 Å². The van der Waals surface area contributed by atoms with Crippen LogP contribution in [0.2, 0.25) is 0 Å². The molecule has 0 amide bonds. The molecule has 1 aliphatic carbocycles. The molecule has 0 bridgehead atoms. The van der Waals surface area contributed by atoms with Crippen molar-refractivity contribution in [2.75, 3.05) is 26.8 Å². The van der Waals surface area contributed by atoms with Crippen molar-refractivity contribution in [3.05, 3.63) is 28.8 Å². The summed E-state index contributed by atoms with van der Waals surface area (Å²) in [5.74, 6) is 1.10. The van der Waals surface area contributed by atoms with E-state index in [2.05, 4.69) is 21.7 Å². The lowest BCUT2D eigenvalue weighted by Gasteiger charge is -2.21. The van der Waals surface area contributed by atoms with Crippen LogP contribution in [0, 0.1) is 0 Å². The smallest absolute Gasteiger partial charge is 0.191 e. The molecule has 2 rings (SSSR count). The van der Waals surface area contributed by atoms with E-state index >= 15 is 0 Å². The Labute approximate surface area is 132 Å². The number of hydrogen-bond donors (Lipinski definition) is 3. The van der Waals surface area contributed by atoms with Crippen LogP contribution >= 0.6 is 0 Å². The maximum absolute atomic E-state index is 10.2. The zero-order valence-corrected chi connectivity index (χ0v) is 13.6. The molecule has 0 saturated heterocycles. The van der Waals surface area contributed by atoms with E-state index in [1.165, 1.54) is 24.0 Å². The van der Waals surface area contributed by atoms with Gasteiger partial charge >= 0.3 is 0 Å². The third kappa shape index (κ3) is 4.37. The van der Waals surface area contributed by atoms with Crippen LogP contribution in [0.4, 0.5) is 0 Å². The highest BCUT2D eigenvalue weighted by molar-refractivity contribution is 5.79. The molecule has 22 heavy (non-hydrogen) atoms. The Balaban J connectivity index is 1.95. The predicted molar refractivity (Wildman–Crippen MR) is 89.4 cm³/mol. The van der Waals surface area contributed by atoms with Crippen LogP contribution in [0.3, 0.4) is 0 Å². The molecule has 0 fully saturated rings. The Hall–Kier alpha value is -1.75. The number of guanidine groups is 1. The largest absolute Gasteiger partial charge is 0.508 e. The van der Waals surface area contributed by atoms with E-state index in [-0.39, 0.29) is 0 Å². The highest BCUT2D eigenvalue weighted by Crippen LogP contribution is 2.30. The number of nitrogens with zero attached hydrogens (tertiary/aromatic N) is 1. The number of aryl methyl sites for hydroxylation is 1. The van der Waals surface area contributed by atoms with Gasteiger partial charge in [-0.2, -0.15) is 0 Å². The maximum Gasteiger partial charge on any atom is 0.191 e. The second kappa shape index (κ2) is 8.63. The van der Waals surface area contributed by atoms with Gasteiger partial charge in [0.1, 0.15) is 5.75 Å². The van der Waals surface area contributed by atoms with E-state index in [9.17, 15) is 5.11 Å². The summed E-state index contributed by atoms with van der Waals surface area (Å²) in [6.07, 6.45) is 4.61. The highest BCUT2D eigenvalue weighted by atomic mass is 16.5. The van der Waals surface area contributed by atoms with Gasteiger partial charge in [0.05, 0.1) is 6.61 Å². The third-order valence-electron chi connectivity index (χ3n) is 4.03. The van der Waals surface area contributed by atoms with Gasteiger partial charge in [-0.15, -0.1) is 0 Å². The molecule has 5 heteroatoms. The van der Waals surface area contributed by atoms with E-state index in [1.54, 1.807) is 7.05 Å². The second-order valence-corrected chi connectivity index (χ2v) is 5.46. The van der Waals surface area contributed by atoms with E-state index < -0.39 is 0 Å². The first kappa shape index (κ1) is 16.6. The molecule has 0 atom stereocenters. The fraction of sp³-hybridized carbons (Fsp3) is 0.588. The lowest BCUT2D eigenvalue weighted by molar-refractivity contribution is 0.152. The Morgan fingerprint density at radius 3 is 2.86 bits per heavy atom. The Bertz CT molecular complexity index is 515. The molecule has 0 unspecified atom stereocenters. The number of nitrogens with one attached hydrogen (secondary N) is 2. The minimum Gasteiger partial charge on any atom is -0.508 e. The van der Waals surface area contributed by atoms with E-state index in [1.807, 2.05) is 13.0 Å². The first-order chi connectivity index (χ1) is 10.8. The minimum atomic E-state index is 0.373. The van der Waals surface area contributed by atoms with Crippen molar-refractivity contribution in [3.8, 4) is 5.75 Å². The van der Waals surface area contributed by atoms with Crippen LogP contribution < -0.4 is 10.6 Å².